The van der Waals surface area contributed by atoms with Crippen molar-refractivity contribution in [1.82, 2.24) is 4.90 Å². The average molecular weight is 562 g/mol. The Kier molecular flexibility index (Phi) is 14.2. The number of hydrogen-bond acceptors (Lipinski definition) is 10. The topological polar surface area (TPSA) is 146 Å². The third-order valence-corrected chi connectivity index (χ3v) is 6.22. The van der Waals surface area contributed by atoms with Crippen molar-refractivity contribution in [2.45, 2.75) is 52.2 Å². The molecule has 11 heteroatoms. The minimum atomic E-state index is -1.56. The summed E-state index contributed by atoms with van der Waals surface area (Å²) >= 11 is 0. The normalized spacial score (nSPS) is 16.7. The fraction of sp³-hybridized carbons (Fsp3) is 0.552. The van der Waals surface area contributed by atoms with Crippen LogP contribution in [0.2, 0.25) is 0 Å². The third-order valence-electron chi connectivity index (χ3n) is 6.22. The van der Waals surface area contributed by atoms with Gasteiger partial charge >= 0.3 is 12.1 Å². The van der Waals surface area contributed by atoms with E-state index in [1.807, 2.05) is 13.8 Å². The van der Waals surface area contributed by atoms with Gasteiger partial charge in [-0.25, -0.2) is 9.69 Å². The Morgan fingerprint density at radius 3 is 2.35 bits per heavy atom. The van der Waals surface area contributed by atoms with Crippen LogP contribution in [0.3, 0.4) is 0 Å². The maximum absolute atomic E-state index is 13.8. The number of ether oxygens (including phenoxy) is 4. The highest BCUT2D eigenvalue weighted by molar-refractivity contribution is 6.04. The van der Waals surface area contributed by atoms with E-state index >= 15 is 0 Å². The molecule has 0 aliphatic carbocycles. The van der Waals surface area contributed by atoms with Crippen LogP contribution in [-0.2, 0) is 44.5 Å². The van der Waals surface area contributed by atoms with E-state index in [1.165, 1.54) is 0 Å². The van der Waals surface area contributed by atoms with Crippen molar-refractivity contribution < 1.29 is 48.0 Å². The summed E-state index contributed by atoms with van der Waals surface area (Å²) in [5.74, 6) is -3.90. The first kappa shape index (κ1) is 32.8. The zero-order chi connectivity index (χ0) is 29.5. The molecule has 0 aromatic heterocycles. The Hall–Kier alpha value is -3.41. The van der Waals surface area contributed by atoms with Crippen LogP contribution in [0.1, 0.15) is 39.2 Å². The van der Waals surface area contributed by atoms with Gasteiger partial charge in [0.05, 0.1) is 38.4 Å². The van der Waals surface area contributed by atoms with E-state index in [1.54, 1.807) is 30.3 Å². The van der Waals surface area contributed by atoms with Crippen LogP contribution in [0.25, 0.3) is 0 Å². The molecule has 1 aromatic carbocycles. The number of amides is 2. The lowest BCUT2D eigenvalue weighted by Crippen LogP contribution is -2.50. The molecule has 1 aromatic rings. The molecule has 2 rings (SSSR count). The van der Waals surface area contributed by atoms with Crippen LogP contribution in [0.4, 0.5) is 4.79 Å². The fourth-order valence-corrected chi connectivity index (χ4v) is 4.16. The largest absolute Gasteiger partial charge is 0.453 e. The average Bonchev–Trinajstić information content (AvgIpc) is 3.32. The molecule has 1 aliphatic heterocycles. The summed E-state index contributed by atoms with van der Waals surface area (Å²) in [6.45, 7) is 5.96. The maximum Gasteiger partial charge on any atom is 0.416 e. The lowest BCUT2D eigenvalue weighted by Gasteiger charge is -2.30. The molecule has 1 aliphatic rings. The van der Waals surface area contributed by atoms with E-state index < -0.39 is 41.8 Å². The van der Waals surface area contributed by atoms with Gasteiger partial charge in [-0.1, -0.05) is 44.2 Å². The van der Waals surface area contributed by atoms with Crippen LogP contribution in [0.5, 0.6) is 0 Å². The van der Waals surface area contributed by atoms with E-state index in [2.05, 4.69) is 0 Å². The first-order valence-corrected chi connectivity index (χ1v) is 13.4. The number of allylic oxidation sites excluding steroid dienone is 1. The van der Waals surface area contributed by atoms with Gasteiger partial charge in [0.1, 0.15) is 6.61 Å². The van der Waals surface area contributed by atoms with E-state index in [9.17, 15) is 24.0 Å². The first-order chi connectivity index (χ1) is 19.1. The second-order valence-electron chi connectivity index (χ2n) is 9.68. The molecule has 2 amide bonds. The highest BCUT2D eigenvalue weighted by Crippen LogP contribution is 2.27. The number of nitrogens with zero attached hydrogens (tertiary/aromatic N) is 1. The lowest BCUT2D eigenvalue weighted by molar-refractivity contribution is -0.159. The van der Waals surface area contributed by atoms with Crippen molar-refractivity contribution in [2.24, 2.45) is 11.8 Å². The zero-order valence-electron chi connectivity index (χ0n) is 23.3. The van der Waals surface area contributed by atoms with Gasteiger partial charge in [-0.05, 0) is 36.5 Å². The highest BCUT2D eigenvalue weighted by atomic mass is 16.6. The van der Waals surface area contributed by atoms with Crippen LogP contribution < -0.4 is 0 Å². The summed E-state index contributed by atoms with van der Waals surface area (Å²) in [5.41, 5.74) is 0.696. The number of aliphatic hydroxyl groups excluding tert-OH is 1. The van der Waals surface area contributed by atoms with Gasteiger partial charge in [-0.2, -0.15) is 0 Å². The number of carbonyl (C=O) groups excluding carboxylic acids is 5. The standard InChI is InChI=1S/C29H39NO10/c1-20(2)25-19-39-29(36)30(25)28(35)24(18-22-8-5-4-6-9-22)27(40-21(3)32)26(34)12-11-23(33)10-7-14-37-16-17-38-15-13-31/h4-6,8-9,11-12,20,24-25,27,31H,7,10,13-19H2,1-3H3/t24-,25-,27+/m0/s1. The molecular formula is C29H39NO10. The van der Waals surface area contributed by atoms with Crippen molar-refractivity contribution in [3.63, 3.8) is 0 Å². The number of benzene rings is 1. The molecule has 0 spiro atoms. The second-order valence-corrected chi connectivity index (χ2v) is 9.68. The Morgan fingerprint density at radius 2 is 1.73 bits per heavy atom. The molecule has 0 saturated carbocycles. The van der Waals surface area contributed by atoms with Gasteiger partial charge in [-0.15, -0.1) is 0 Å². The van der Waals surface area contributed by atoms with Gasteiger partial charge in [0.2, 0.25) is 5.91 Å². The molecule has 0 unspecified atom stereocenters. The number of carbonyl (C=O) groups is 5. The number of esters is 1. The Bertz CT molecular complexity index is 1020. The summed E-state index contributed by atoms with van der Waals surface area (Å²) in [6.07, 6.45) is 0.261. The minimum absolute atomic E-state index is 0.0130. The Balaban J connectivity index is 2.16. The Labute approximate surface area is 234 Å². The Morgan fingerprint density at radius 1 is 1.05 bits per heavy atom. The summed E-state index contributed by atoms with van der Waals surface area (Å²) in [7, 11) is 0. The van der Waals surface area contributed by atoms with Crippen LogP contribution >= 0.6 is 0 Å². The monoisotopic (exact) mass is 561 g/mol. The molecule has 40 heavy (non-hydrogen) atoms. The van der Waals surface area contributed by atoms with Crippen molar-refractivity contribution >= 4 is 29.5 Å². The summed E-state index contributed by atoms with van der Waals surface area (Å²) in [5, 5.41) is 8.65. The summed E-state index contributed by atoms with van der Waals surface area (Å²) < 4.78 is 20.9. The van der Waals surface area contributed by atoms with Crippen LogP contribution in [-0.4, -0.2) is 91.3 Å². The van der Waals surface area contributed by atoms with Crippen molar-refractivity contribution in [2.75, 3.05) is 39.6 Å². The maximum atomic E-state index is 13.8. The molecule has 1 saturated heterocycles. The molecule has 1 N–H and O–H groups in total. The van der Waals surface area contributed by atoms with E-state index in [-0.39, 0.29) is 44.4 Å². The van der Waals surface area contributed by atoms with Gasteiger partial charge < -0.3 is 24.1 Å². The van der Waals surface area contributed by atoms with Gasteiger partial charge in [0.15, 0.2) is 17.7 Å². The molecular weight excluding hydrogens is 522 g/mol. The molecule has 3 atom stereocenters. The number of aliphatic hydroxyl groups is 1. The SMILES string of the molecule is CC(=O)O[C@@H](C(=O)C=CC(=O)CCCOCCOCCO)[C@H](Cc1ccccc1)C(=O)N1C(=O)OC[C@H]1C(C)C. The smallest absolute Gasteiger partial charge is 0.416 e. The summed E-state index contributed by atoms with van der Waals surface area (Å²) in [6, 6.07) is 8.32. The summed E-state index contributed by atoms with van der Waals surface area (Å²) in [4.78, 5) is 64.9. The molecule has 1 fully saturated rings. The number of cyclic esters (lactones) is 1. The number of hydrogen-bond donors (Lipinski definition) is 1. The predicted octanol–water partition coefficient (Wildman–Crippen LogP) is 2.28. The molecule has 11 nitrogen and oxygen atoms in total. The third kappa shape index (κ3) is 10.6. The number of rotatable bonds is 18. The molecule has 0 radical (unpaired) electrons. The van der Waals surface area contributed by atoms with Crippen LogP contribution in [0, 0.1) is 11.8 Å². The first-order valence-electron chi connectivity index (χ1n) is 13.4. The quantitative estimate of drug-likeness (QED) is 0.161. The second kappa shape index (κ2) is 17.3. The highest BCUT2D eigenvalue weighted by Gasteiger charge is 2.46. The van der Waals surface area contributed by atoms with Crippen molar-refractivity contribution in [1.29, 1.82) is 0 Å². The molecule has 1 heterocycles. The lowest BCUT2D eigenvalue weighted by atomic mass is 9.89. The van der Waals surface area contributed by atoms with Crippen molar-refractivity contribution in [3.05, 3.63) is 48.0 Å². The molecule has 220 valence electrons. The zero-order valence-corrected chi connectivity index (χ0v) is 23.3. The van der Waals surface area contributed by atoms with Gasteiger partial charge in [0.25, 0.3) is 0 Å². The van der Waals surface area contributed by atoms with Crippen molar-refractivity contribution in [3.8, 4) is 0 Å². The van der Waals surface area contributed by atoms with Crippen LogP contribution in [0.15, 0.2) is 42.5 Å². The van der Waals surface area contributed by atoms with E-state index in [0.29, 0.717) is 31.8 Å². The van der Waals surface area contributed by atoms with E-state index in [0.717, 1.165) is 24.0 Å². The predicted molar refractivity (Wildman–Crippen MR) is 143 cm³/mol. The number of imide groups is 1. The van der Waals surface area contributed by atoms with Gasteiger partial charge in [-0.3, -0.25) is 19.2 Å². The van der Waals surface area contributed by atoms with E-state index in [4.69, 9.17) is 24.1 Å². The van der Waals surface area contributed by atoms with Gasteiger partial charge in [0, 0.05) is 20.0 Å². The number of ketones is 2. The molecule has 0 bridgehead atoms. The minimum Gasteiger partial charge on any atom is -0.453 e. The fourth-order valence-electron chi connectivity index (χ4n) is 4.16.